The van der Waals surface area contributed by atoms with Crippen LogP contribution in [0, 0.1) is 0 Å². The monoisotopic (exact) mass is 405 g/mol. The van der Waals surface area contributed by atoms with Crippen LogP contribution < -0.4 is 19.9 Å². The molecule has 4 rings (SSSR count). The third-order valence-electron chi connectivity index (χ3n) is 5.58. The topological polar surface area (TPSA) is 88.6 Å². The van der Waals surface area contributed by atoms with Crippen molar-refractivity contribution < 1.29 is 19.0 Å². The van der Waals surface area contributed by atoms with Gasteiger partial charge >= 0.3 is 6.03 Å². The Morgan fingerprint density at radius 2 is 1.77 bits per heavy atom. The standard InChI is InChI=1S/C23H23N3O4/c1-28-19-10-9-17(20(29-2)21(19)30-3)23(16-7-5-4-6-8-16)12-11-15-14-25-26(22(24)27)18(15)13-23/h4-12,14H,13H2,1-3H3,(H2,24,27). The number of methoxy groups -OCH3 is 3. The molecule has 3 aromatic rings. The van der Waals surface area contributed by atoms with Crippen LogP contribution in [0.3, 0.4) is 0 Å². The van der Waals surface area contributed by atoms with Crippen LogP contribution in [-0.2, 0) is 11.8 Å². The second kappa shape index (κ2) is 7.59. The zero-order valence-corrected chi connectivity index (χ0v) is 17.1. The largest absolute Gasteiger partial charge is 0.493 e. The Kier molecular flexibility index (Phi) is 4.95. The fraction of sp³-hybridized carbons (Fsp3) is 0.217. The SMILES string of the molecule is COc1ccc(C2(c3ccccc3)C=Cc3cnn(C(N)=O)c3C2)c(OC)c1OC. The summed E-state index contributed by atoms with van der Waals surface area (Å²) in [6.07, 6.45) is 6.20. The van der Waals surface area contributed by atoms with Crippen LogP contribution >= 0.6 is 0 Å². The molecule has 154 valence electrons. The lowest BCUT2D eigenvalue weighted by molar-refractivity contribution is 0.246. The highest BCUT2D eigenvalue weighted by molar-refractivity contribution is 5.77. The molecule has 0 aliphatic heterocycles. The zero-order valence-electron chi connectivity index (χ0n) is 17.1. The number of nitrogens with zero attached hydrogens (tertiary/aromatic N) is 2. The molecule has 1 unspecified atom stereocenters. The normalized spacial score (nSPS) is 17.3. The van der Waals surface area contributed by atoms with Crippen LogP contribution in [0.2, 0.25) is 0 Å². The number of fused-ring (bicyclic) bond motifs is 1. The van der Waals surface area contributed by atoms with Gasteiger partial charge < -0.3 is 19.9 Å². The van der Waals surface area contributed by atoms with Crippen molar-refractivity contribution in [2.45, 2.75) is 11.8 Å². The van der Waals surface area contributed by atoms with Crippen molar-refractivity contribution in [3.63, 3.8) is 0 Å². The van der Waals surface area contributed by atoms with Crippen molar-refractivity contribution in [3.05, 3.63) is 77.1 Å². The lowest BCUT2D eigenvalue weighted by atomic mass is 9.68. The van der Waals surface area contributed by atoms with Crippen molar-refractivity contribution in [2.75, 3.05) is 21.3 Å². The molecule has 7 heteroatoms. The van der Waals surface area contributed by atoms with Gasteiger partial charge in [0.05, 0.1) is 33.2 Å². The number of ether oxygens (including phenoxy) is 3. The van der Waals surface area contributed by atoms with Gasteiger partial charge in [-0.3, -0.25) is 0 Å². The van der Waals surface area contributed by atoms with Gasteiger partial charge in [0.1, 0.15) is 0 Å². The molecule has 0 saturated carbocycles. The van der Waals surface area contributed by atoms with Crippen molar-refractivity contribution in [1.29, 1.82) is 0 Å². The minimum absolute atomic E-state index is 0.470. The van der Waals surface area contributed by atoms with Crippen molar-refractivity contribution in [1.82, 2.24) is 9.78 Å². The summed E-state index contributed by atoms with van der Waals surface area (Å²) in [7, 11) is 4.77. The zero-order chi connectivity index (χ0) is 21.3. The fourth-order valence-corrected chi connectivity index (χ4v) is 4.17. The second-order valence-electron chi connectivity index (χ2n) is 7.03. The fourth-order valence-electron chi connectivity index (χ4n) is 4.17. The minimum Gasteiger partial charge on any atom is -0.493 e. The van der Waals surface area contributed by atoms with Gasteiger partial charge in [-0.2, -0.15) is 9.78 Å². The summed E-state index contributed by atoms with van der Waals surface area (Å²) < 4.78 is 18.1. The maximum absolute atomic E-state index is 12.0. The van der Waals surface area contributed by atoms with Crippen LogP contribution in [-0.4, -0.2) is 37.1 Å². The Labute approximate surface area is 174 Å². The Bertz CT molecular complexity index is 1120. The van der Waals surface area contributed by atoms with Crippen LogP contribution in [0.15, 0.2) is 54.7 Å². The molecule has 1 aliphatic carbocycles. The van der Waals surface area contributed by atoms with E-state index in [0.717, 1.165) is 22.4 Å². The third kappa shape index (κ3) is 2.90. The Morgan fingerprint density at radius 1 is 1.03 bits per heavy atom. The van der Waals surface area contributed by atoms with Gasteiger partial charge in [0.2, 0.25) is 5.75 Å². The van der Waals surface area contributed by atoms with Crippen LogP contribution in [0.25, 0.3) is 6.08 Å². The summed E-state index contributed by atoms with van der Waals surface area (Å²) in [5.41, 5.74) is 8.45. The molecule has 30 heavy (non-hydrogen) atoms. The lowest BCUT2D eigenvalue weighted by Crippen LogP contribution is -2.34. The number of allylic oxidation sites excluding steroid dienone is 1. The summed E-state index contributed by atoms with van der Waals surface area (Å²) in [5, 5.41) is 4.17. The molecule has 0 fully saturated rings. The molecular weight excluding hydrogens is 382 g/mol. The maximum atomic E-state index is 12.0. The minimum atomic E-state index is -0.633. The van der Waals surface area contributed by atoms with Crippen LogP contribution in [0.1, 0.15) is 22.4 Å². The second-order valence-corrected chi connectivity index (χ2v) is 7.03. The molecule has 2 N–H and O–H groups in total. The molecule has 0 bridgehead atoms. The Hall–Kier alpha value is -3.74. The van der Waals surface area contributed by atoms with Gasteiger partial charge in [0.25, 0.3) is 0 Å². The number of carbonyl (C=O) groups is 1. The first kappa shape index (κ1) is 19.6. The van der Waals surface area contributed by atoms with E-state index in [1.165, 1.54) is 4.68 Å². The summed E-state index contributed by atoms with van der Waals surface area (Å²) in [5.74, 6) is 1.65. The number of hydrogen-bond donors (Lipinski definition) is 1. The Balaban J connectivity index is 2.01. The number of nitrogens with two attached hydrogens (primary N) is 1. The third-order valence-corrected chi connectivity index (χ3v) is 5.58. The van der Waals surface area contributed by atoms with Gasteiger partial charge in [-0.25, -0.2) is 4.79 Å². The molecule has 1 atom stereocenters. The summed E-state index contributed by atoms with van der Waals surface area (Å²) >= 11 is 0. The molecule has 1 aliphatic rings. The highest BCUT2D eigenvalue weighted by Crippen LogP contribution is 2.50. The number of amides is 1. The van der Waals surface area contributed by atoms with E-state index in [-0.39, 0.29) is 0 Å². The van der Waals surface area contributed by atoms with Gasteiger partial charge in [-0.15, -0.1) is 0 Å². The van der Waals surface area contributed by atoms with Gasteiger partial charge in [-0.05, 0) is 11.6 Å². The number of aromatic nitrogens is 2. The molecule has 2 aromatic carbocycles. The number of rotatable bonds is 5. The molecule has 7 nitrogen and oxygen atoms in total. The number of benzene rings is 2. The highest BCUT2D eigenvalue weighted by atomic mass is 16.5. The van der Waals surface area contributed by atoms with E-state index in [2.05, 4.69) is 23.3 Å². The van der Waals surface area contributed by atoms with E-state index < -0.39 is 11.4 Å². The molecule has 0 radical (unpaired) electrons. The van der Waals surface area contributed by atoms with E-state index in [4.69, 9.17) is 19.9 Å². The van der Waals surface area contributed by atoms with Gasteiger partial charge in [0, 0.05) is 23.0 Å². The maximum Gasteiger partial charge on any atom is 0.339 e. The van der Waals surface area contributed by atoms with E-state index in [1.54, 1.807) is 27.5 Å². The first-order valence-electron chi connectivity index (χ1n) is 9.46. The van der Waals surface area contributed by atoms with Crippen molar-refractivity contribution in [2.24, 2.45) is 5.73 Å². The molecular formula is C23H23N3O4. The molecule has 1 aromatic heterocycles. The predicted molar refractivity (Wildman–Crippen MR) is 113 cm³/mol. The summed E-state index contributed by atoms with van der Waals surface area (Å²) in [4.78, 5) is 12.0. The van der Waals surface area contributed by atoms with E-state index >= 15 is 0 Å². The van der Waals surface area contributed by atoms with E-state index in [0.29, 0.717) is 23.7 Å². The number of primary amides is 1. The number of hydrogen-bond acceptors (Lipinski definition) is 5. The lowest BCUT2D eigenvalue weighted by Gasteiger charge is -2.36. The van der Waals surface area contributed by atoms with Crippen LogP contribution in [0.5, 0.6) is 17.2 Å². The molecule has 1 heterocycles. The summed E-state index contributed by atoms with van der Waals surface area (Å²) in [6, 6.07) is 13.2. The van der Waals surface area contributed by atoms with E-state index in [9.17, 15) is 4.79 Å². The highest BCUT2D eigenvalue weighted by Gasteiger charge is 2.40. The van der Waals surface area contributed by atoms with Gasteiger partial charge in [0.15, 0.2) is 11.5 Å². The summed E-state index contributed by atoms with van der Waals surface area (Å²) in [6.45, 7) is 0. The first-order chi connectivity index (χ1) is 14.6. The first-order valence-corrected chi connectivity index (χ1v) is 9.46. The van der Waals surface area contributed by atoms with E-state index in [1.807, 2.05) is 36.4 Å². The van der Waals surface area contributed by atoms with Crippen LogP contribution in [0.4, 0.5) is 4.79 Å². The van der Waals surface area contributed by atoms with Crippen molar-refractivity contribution in [3.8, 4) is 17.2 Å². The smallest absolute Gasteiger partial charge is 0.339 e. The quantitative estimate of drug-likeness (QED) is 0.703. The Morgan fingerprint density at radius 3 is 2.40 bits per heavy atom. The molecule has 0 spiro atoms. The number of carbonyl (C=O) groups excluding carboxylic acids is 1. The molecule has 1 amide bonds. The van der Waals surface area contributed by atoms with Gasteiger partial charge in [-0.1, -0.05) is 48.6 Å². The van der Waals surface area contributed by atoms with Crippen molar-refractivity contribution >= 4 is 12.1 Å². The average Bonchev–Trinajstić information content (AvgIpc) is 3.21. The average molecular weight is 405 g/mol. The predicted octanol–water partition coefficient (Wildman–Crippen LogP) is 3.39. The molecule has 0 saturated heterocycles.